The summed E-state index contributed by atoms with van der Waals surface area (Å²) < 4.78 is 11.8. The summed E-state index contributed by atoms with van der Waals surface area (Å²) >= 11 is 1.18. The molecule has 2 rings (SSSR count). The molecule has 7 heteroatoms. The van der Waals surface area contributed by atoms with Crippen molar-refractivity contribution in [2.45, 2.75) is 18.9 Å². The van der Waals surface area contributed by atoms with Gasteiger partial charge >= 0.3 is 0 Å². The molecule has 1 amide bonds. The lowest BCUT2D eigenvalue weighted by Crippen LogP contribution is -2.28. The van der Waals surface area contributed by atoms with Crippen LogP contribution < -0.4 is 19.5 Å². The molecule has 0 saturated carbocycles. The molecular weight excluding hydrogens is 328 g/mol. The SMILES string of the molecule is CCOc1ccc(NC(=O)CSc2cccc[n+]2[O-])cc1OCC. The van der Waals surface area contributed by atoms with Crippen molar-refractivity contribution in [1.82, 2.24) is 0 Å². The van der Waals surface area contributed by atoms with Crippen LogP contribution in [-0.4, -0.2) is 24.9 Å². The van der Waals surface area contributed by atoms with E-state index in [4.69, 9.17) is 9.47 Å². The second-order valence-corrected chi connectivity index (χ2v) is 5.72. The van der Waals surface area contributed by atoms with Gasteiger partial charge in [0.2, 0.25) is 5.91 Å². The maximum Gasteiger partial charge on any atom is 0.251 e. The summed E-state index contributed by atoms with van der Waals surface area (Å²) in [5.41, 5.74) is 0.621. The lowest BCUT2D eigenvalue weighted by molar-refractivity contribution is -0.645. The van der Waals surface area contributed by atoms with E-state index in [9.17, 15) is 10.0 Å². The van der Waals surface area contributed by atoms with Crippen LogP contribution in [-0.2, 0) is 4.79 Å². The molecule has 1 N–H and O–H groups in total. The molecule has 0 spiro atoms. The van der Waals surface area contributed by atoms with Crippen LogP contribution in [0.2, 0.25) is 0 Å². The molecule has 0 radical (unpaired) electrons. The minimum atomic E-state index is -0.199. The third-order valence-corrected chi connectivity index (χ3v) is 3.99. The second kappa shape index (κ2) is 9.02. The average Bonchev–Trinajstić information content (AvgIpc) is 2.57. The fourth-order valence-electron chi connectivity index (χ4n) is 1.99. The maximum atomic E-state index is 12.1. The molecule has 0 aliphatic heterocycles. The van der Waals surface area contributed by atoms with Crippen molar-refractivity contribution in [2.75, 3.05) is 24.3 Å². The summed E-state index contributed by atoms with van der Waals surface area (Å²) in [6.07, 6.45) is 1.40. The third kappa shape index (κ3) is 5.06. The highest BCUT2D eigenvalue weighted by Gasteiger charge is 2.11. The van der Waals surface area contributed by atoms with Gasteiger partial charge in [-0.25, -0.2) is 0 Å². The van der Waals surface area contributed by atoms with Gasteiger partial charge in [0.15, 0.2) is 17.7 Å². The Bertz CT molecular complexity index is 694. The number of ether oxygens (including phenoxy) is 2. The molecule has 0 saturated heterocycles. The van der Waals surface area contributed by atoms with E-state index >= 15 is 0 Å². The summed E-state index contributed by atoms with van der Waals surface area (Å²) in [6, 6.07) is 10.3. The van der Waals surface area contributed by atoms with Crippen molar-refractivity contribution < 1.29 is 19.0 Å². The molecule has 0 bridgehead atoms. The van der Waals surface area contributed by atoms with Crippen LogP contribution in [0.3, 0.4) is 0 Å². The van der Waals surface area contributed by atoms with Gasteiger partial charge in [-0.2, -0.15) is 4.73 Å². The number of pyridine rings is 1. The highest BCUT2D eigenvalue weighted by molar-refractivity contribution is 7.99. The van der Waals surface area contributed by atoms with E-state index < -0.39 is 0 Å². The van der Waals surface area contributed by atoms with Gasteiger partial charge in [-0.05, 0) is 43.8 Å². The molecule has 1 aromatic carbocycles. The fourth-order valence-corrected chi connectivity index (χ4v) is 2.70. The van der Waals surface area contributed by atoms with Crippen molar-refractivity contribution in [2.24, 2.45) is 0 Å². The summed E-state index contributed by atoms with van der Waals surface area (Å²) in [4.78, 5) is 12.1. The van der Waals surface area contributed by atoms with E-state index in [2.05, 4.69) is 5.32 Å². The Labute approximate surface area is 145 Å². The molecule has 1 heterocycles. The van der Waals surface area contributed by atoms with E-state index in [-0.39, 0.29) is 11.7 Å². The quantitative estimate of drug-likeness (QED) is 0.451. The molecule has 0 unspecified atom stereocenters. The van der Waals surface area contributed by atoms with Gasteiger partial charge < -0.3 is 20.0 Å². The molecule has 0 aliphatic rings. The molecule has 0 fully saturated rings. The predicted octanol–water partition coefficient (Wildman–Crippen LogP) is 2.85. The van der Waals surface area contributed by atoms with Crippen molar-refractivity contribution in [3.63, 3.8) is 0 Å². The van der Waals surface area contributed by atoms with Crippen molar-refractivity contribution in [1.29, 1.82) is 0 Å². The number of carbonyl (C=O) groups is 1. The van der Waals surface area contributed by atoms with Crippen LogP contribution in [0.25, 0.3) is 0 Å². The Morgan fingerprint density at radius 3 is 2.62 bits per heavy atom. The number of benzene rings is 1. The summed E-state index contributed by atoms with van der Waals surface area (Å²) in [7, 11) is 0. The summed E-state index contributed by atoms with van der Waals surface area (Å²) in [5, 5.41) is 14.8. The molecule has 0 atom stereocenters. The molecule has 24 heavy (non-hydrogen) atoms. The van der Waals surface area contributed by atoms with E-state index in [0.29, 0.717) is 35.4 Å². The Balaban J connectivity index is 1.98. The van der Waals surface area contributed by atoms with E-state index in [1.807, 2.05) is 13.8 Å². The van der Waals surface area contributed by atoms with Gasteiger partial charge in [-0.3, -0.25) is 4.79 Å². The first-order valence-electron chi connectivity index (χ1n) is 7.64. The number of nitrogens with one attached hydrogen (secondary N) is 1. The number of thioether (sulfide) groups is 1. The van der Waals surface area contributed by atoms with E-state index in [1.54, 1.807) is 36.4 Å². The standard InChI is InChI=1S/C17H20N2O4S/c1-3-22-14-9-8-13(11-15(14)23-4-2)18-16(20)12-24-17-7-5-6-10-19(17)21/h5-11H,3-4,12H2,1-2H3,(H,18,20). The maximum absolute atomic E-state index is 12.1. The van der Waals surface area contributed by atoms with E-state index in [0.717, 1.165) is 4.73 Å². The minimum absolute atomic E-state index is 0.142. The zero-order chi connectivity index (χ0) is 17.4. The fraction of sp³-hybridized carbons (Fsp3) is 0.294. The van der Waals surface area contributed by atoms with Crippen LogP contribution in [0.5, 0.6) is 11.5 Å². The van der Waals surface area contributed by atoms with Gasteiger partial charge in [0.1, 0.15) is 0 Å². The first kappa shape index (κ1) is 17.9. The van der Waals surface area contributed by atoms with Crippen LogP contribution in [0.15, 0.2) is 47.6 Å². The molecule has 128 valence electrons. The van der Waals surface area contributed by atoms with Crippen LogP contribution >= 0.6 is 11.8 Å². The zero-order valence-electron chi connectivity index (χ0n) is 13.7. The van der Waals surface area contributed by atoms with E-state index in [1.165, 1.54) is 18.0 Å². The van der Waals surface area contributed by atoms with Crippen molar-refractivity contribution >= 4 is 23.4 Å². The number of nitrogens with zero attached hydrogens (tertiary/aromatic N) is 1. The predicted molar refractivity (Wildman–Crippen MR) is 93.5 cm³/mol. The van der Waals surface area contributed by atoms with Crippen LogP contribution in [0.4, 0.5) is 5.69 Å². The second-order valence-electron chi connectivity index (χ2n) is 4.73. The van der Waals surface area contributed by atoms with Crippen molar-refractivity contribution in [3.8, 4) is 11.5 Å². The van der Waals surface area contributed by atoms with Crippen molar-refractivity contribution in [3.05, 3.63) is 47.8 Å². The van der Waals surface area contributed by atoms with Gasteiger partial charge in [0, 0.05) is 23.9 Å². The number of aromatic nitrogens is 1. The monoisotopic (exact) mass is 348 g/mol. The molecule has 6 nitrogen and oxygen atoms in total. The first-order chi connectivity index (χ1) is 11.6. The van der Waals surface area contributed by atoms with Gasteiger partial charge in [-0.1, -0.05) is 0 Å². The van der Waals surface area contributed by atoms with Crippen LogP contribution in [0, 0.1) is 5.21 Å². The minimum Gasteiger partial charge on any atom is -0.618 e. The lowest BCUT2D eigenvalue weighted by Gasteiger charge is -2.13. The first-order valence-corrected chi connectivity index (χ1v) is 8.63. The lowest BCUT2D eigenvalue weighted by atomic mass is 10.2. The normalized spacial score (nSPS) is 10.2. The Hall–Kier alpha value is -2.41. The highest BCUT2D eigenvalue weighted by atomic mass is 32.2. The number of hydrogen-bond donors (Lipinski definition) is 1. The molecule has 2 aromatic rings. The smallest absolute Gasteiger partial charge is 0.251 e. The molecule has 1 aromatic heterocycles. The molecule has 0 aliphatic carbocycles. The molecular formula is C17H20N2O4S. The largest absolute Gasteiger partial charge is 0.618 e. The Morgan fingerprint density at radius 2 is 1.92 bits per heavy atom. The summed E-state index contributed by atoms with van der Waals surface area (Å²) in [6.45, 7) is 4.82. The number of amides is 1. The van der Waals surface area contributed by atoms with Crippen LogP contribution in [0.1, 0.15) is 13.8 Å². The Morgan fingerprint density at radius 1 is 1.17 bits per heavy atom. The third-order valence-electron chi connectivity index (χ3n) is 2.97. The van der Waals surface area contributed by atoms with Gasteiger partial charge in [0.25, 0.3) is 5.03 Å². The topological polar surface area (TPSA) is 74.5 Å². The summed E-state index contributed by atoms with van der Waals surface area (Å²) in [5.74, 6) is 1.17. The Kier molecular flexibility index (Phi) is 6.74. The van der Waals surface area contributed by atoms with Gasteiger partial charge in [-0.15, -0.1) is 0 Å². The highest BCUT2D eigenvalue weighted by Crippen LogP contribution is 2.30. The number of rotatable bonds is 8. The number of carbonyl (C=O) groups excluding carboxylic acids is 1. The average molecular weight is 348 g/mol. The van der Waals surface area contributed by atoms with Gasteiger partial charge in [0.05, 0.1) is 19.0 Å². The zero-order valence-corrected chi connectivity index (χ0v) is 14.5. The number of anilines is 1. The number of hydrogen-bond acceptors (Lipinski definition) is 5.